The number of carbonyl (C=O) groups is 1. The molecule has 52 heavy (non-hydrogen) atoms. The van der Waals surface area contributed by atoms with Crippen molar-refractivity contribution in [2.45, 2.75) is 213 Å². The van der Waals surface area contributed by atoms with E-state index in [0.717, 1.165) is 38.5 Å². The van der Waals surface area contributed by atoms with Crippen LogP contribution >= 0.6 is 7.82 Å². The summed E-state index contributed by atoms with van der Waals surface area (Å²) < 4.78 is 33.4. The fourth-order valence-electron chi connectivity index (χ4n) is 6.14. The Morgan fingerprint density at radius 2 is 1.02 bits per heavy atom. The Morgan fingerprint density at radius 1 is 0.577 bits per heavy atom. The van der Waals surface area contributed by atoms with Crippen LogP contribution in [-0.4, -0.2) is 49.9 Å². The molecule has 308 valence electrons. The molecule has 0 aliphatic carbocycles. The number of hydrogen-bond donors (Lipinski definition) is 2. The third-order valence-electron chi connectivity index (χ3n) is 9.37. The minimum atomic E-state index is -4.27. The highest BCUT2D eigenvalue weighted by Crippen LogP contribution is 2.43. The van der Waals surface area contributed by atoms with Gasteiger partial charge < -0.3 is 20.1 Å². The first-order chi connectivity index (χ1) is 25.4. The van der Waals surface area contributed by atoms with Crippen molar-refractivity contribution in [3.8, 4) is 0 Å². The molecule has 9 heteroatoms. The summed E-state index contributed by atoms with van der Waals surface area (Å²) in [6.45, 7) is 4.93. The van der Waals surface area contributed by atoms with Gasteiger partial charge in [0.15, 0.2) is 0 Å². The number of allylic oxidation sites excluding steroid dienone is 4. The van der Waals surface area contributed by atoms with E-state index in [-0.39, 0.29) is 32.3 Å². The second-order valence-corrected chi connectivity index (χ2v) is 16.0. The first kappa shape index (κ1) is 51.0. The van der Waals surface area contributed by atoms with Crippen molar-refractivity contribution in [3.05, 3.63) is 24.3 Å². The molecule has 0 spiro atoms. The van der Waals surface area contributed by atoms with Gasteiger partial charge in [-0.3, -0.25) is 13.8 Å². The smallest absolute Gasteiger partial charge is 0.457 e. The Bertz CT molecular complexity index is 853. The Morgan fingerprint density at radius 3 is 1.50 bits per heavy atom. The molecule has 0 aliphatic heterocycles. The number of esters is 1. The predicted molar refractivity (Wildman–Crippen MR) is 220 cm³/mol. The van der Waals surface area contributed by atoms with Crippen molar-refractivity contribution in [1.82, 2.24) is 0 Å². The highest BCUT2D eigenvalue weighted by atomic mass is 31.2. The maximum Gasteiger partial charge on any atom is 0.472 e. The summed E-state index contributed by atoms with van der Waals surface area (Å²) in [7, 11) is -4.27. The summed E-state index contributed by atoms with van der Waals surface area (Å²) in [5.74, 6) is -0.332. The number of rotatable bonds is 42. The molecule has 0 aromatic rings. The van der Waals surface area contributed by atoms with E-state index < -0.39 is 13.9 Å². The van der Waals surface area contributed by atoms with Crippen LogP contribution in [-0.2, 0) is 27.9 Å². The SMILES string of the molecule is CCCCCCC/C=C\C/C=C\CCCCCCCCCCCC(=O)OC(COCCCCCCCCCCCCCC)COP(=O)(O)OCCN. The summed E-state index contributed by atoms with van der Waals surface area (Å²) in [6, 6.07) is 0. The molecule has 0 radical (unpaired) electrons. The van der Waals surface area contributed by atoms with E-state index in [1.807, 2.05) is 0 Å². The minimum Gasteiger partial charge on any atom is -0.457 e. The highest BCUT2D eigenvalue weighted by Gasteiger charge is 2.25. The summed E-state index contributed by atoms with van der Waals surface area (Å²) in [5, 5.41) is 0. The van der Waals surface area contributed by atoms with Crippen LogP contribution in [0.15, 0.2) is 24.3 Å². The second-order valence-electron chi connectivity index (χ2n) is 14.6. The lowest BCUT2D eigenvalue weighted by atomic mass is 10.1. The number of carbonyl (C=O) groups excluding carboxylic acids is 1. The molecule has 3 N–H and O–H groups in total. The molecule has 0 rings (SSSR count). The molecule has 0 fully saturated rings. The second kappa shape index (κ2) is 41.1. The lowest BCUT2D eigenvalue weighted by Crippen LogP contribution is -2.28. The van der Waals surface area contributed by atoms with Gasteiger partial charge in [-0.25, -0.2) is 4.57 Å². The first-order valence-corrected chi connectivity index (χ1v) is 23.3. The van der Waals surface area contributed by atoms with Crippen molar-refractivity contribution >= 4 is 13.8 Å². The number of phosphoric ester groups is 1. The number of nitrogens with two attached hydrogens (primary N) is 1. The van der Waals surface area contributed by atoms with Gasteiger partial charge in [-0.15, -0.1) is 0 Å². The van der Waals surface area contributed by atoms with Gasteiger partial charge >= 0.3 is 13.8 Å². The average molecular weight is 758 g/mol. The summed E-state index contributed by atoms with van der Waals surface area (Å²) in [4.78, 5) is 22.5. The van der Waals surface area contributed by atoms with Crippen molar-refractivity contribution in [2.24, 2.45) is 5.73 Å². The standard InChI is InChI=1S/C43H84NO7P/c1-3-5-7-9-11-13-15-17-18-19-20-21-22-23-24-25-26-28-30-32-34-36-43(45)51-42(41-50-52(46,47)49-39-37-44)40-48-38-35-33-31-29-27-16-14-12-10-8-6-4-2/h15,17,19-20,42H,3-14,16,18,21-41,44H2,1-2H3,(H,46,47)/b17-15-,20-19-. The Hall–Kier alpha value is -1.02. The van der Waals surface area contributed by atoms with Crippen LogP contribution in [0.2, 0.25) is 0 Å². The molecule has 0 aromatic heterocycles. The van der Waals surface area contributed by atoms with Gasteiger partial charge in [-0.1, -0.05) is 179 Å². The zero-order valence-corrected chi connectivity index (χ0v) is 35.0. The van der Waals surface area contributed by atoms with Crippen LogP contribution in [0.4, 0.5) is 0 Å². The number of phosphoric acid groups is 1. The maximum absolute atomic E-state index is 12.6. The van der Waals surface area contributed by atoms with Crippen molar-refractivity contribution in [3.63, 3.8) is 0 Å². The molecule has 8 nitrogen and oxygen atoms in total. The lowest BCUT2D eigenvalue weighted by molar-refractivity contribution is -0.154. The van der Waals surface area contributed by atoms with Gasteiger partial charge in [0.25, 0.3) is 0 Å². The lowest BCUT2D eigenvalue weighted by Gasteiger charge is -2.20. The molecule has 0 aromatic carbocycles. The maximum atomic E-state index is 12.6. The molecule has 0 saturated heterocycles. The molecule has 0 aliphatic rings. The highest BCUT2D eigenvalue weighted by molar-refractivity contribution is 7.47. The molecule has 0 amide bonds. The van der Waals surface area contributed by atoms with E-state index in [9.17, 15) is 14.3 Å². The summed E-state index contributed by atoms with van der Waals surface area (Å²) in [5.41, 5.74) is 5.36. The number of ether oxygens (including phenoxy) is 2. The van der Waals surface area contributed by atoms with Gasteiger partial charge in [0.2, 0.25) is 0 Å². The quantitative estimate of drug-likeness (QED) is 0.0273. The average Bonchev–Trinajstić information content (AvgIpc) is 3.13. The van der Waals surface area contributed by atoms with Crippen LogP contribution < -0.4 is 5.73 Å². The molecular weight excluding hydrogens is 673 g/mol. The van der Waals surface area contributed by atoms with Gasteiger partial charge in [0.05, 0.1) is 19.8 Å². The molecular formula is C43H84NO7P. The monoisotopic (exact) mass is 758 g/mol. The number of hydrogen-bond acceptors (Lipinski definition) is 7. The topological polar surface area (TPSA) is 117 Å². The van der Waals surface area contributed by atoms with Crippen LogP contribution in [0.3, 0.4) is 0 Å². The minimum absolute atomic E-state index is 0.0943. The van der Waals surface area contributed by atoms with E-state index >= 15 is 0 Å². The third kappa shape index (κ3) is 40.2. The van der Waals surface area contributed by atoms with Crippen LogP contribution in [0.25, 0.3) is 0 Å². The van der Waals surface area contributed by atoms with Gasteiger partial charge in [0.1, 0.15) is 6.10 Å². The van der Waals surface area contributed by atoms with E-state index in [0.29, 0.717) is 13.0 Å². The first-order valence-electron chi connectivity index (χ1n) is 21.8. The van der Waals surface area contributed by atoms with Crippen LogP contribution in [0, 0.1) is 0 Å². The van der Waals surface area contributed by atoms with Crippen molar-refractivity contribution in [1.29, 1.82) is 0 Å². The van der Waals surface area contributed by atoms with E-state index in [1.54, 1.807) is 0 Å². The largest absolute Gasteiger partial charge is 0.472 e. The Balaban J connectivity index is 3.98. The van der Waals surface area contributed by atoms with Crippen LogP contribution in [0.1, 0.15) is 206 Å². The molecule has 2 unspecified atom stereocenters. The van der Waals surface area contributed by atoms with E-state index in [2.05, 4.69) is 38.2 Å². The van der Waals surface area contributed by atoms with Crippen LogP contribution in [0.5, 0.6) is 0 Å². The third-order valence-corrected chi connectivity index (χ3v) is 10.4. The molecule has 0 heterocycles. The van der Waals surface area contributed by atoms with Gasteiger partial charge in [-0.2, -0.15) is 0 Å². The van der Waals surface area contributed by atoms with Gasteiger partial charge in [0, 0.05) is 19.6 Å². The van der Waals surface area contributed by atoms with Crippen molar-refractivity contribution < 1.29 is 32.8 Å². The number of unbranched alkanes of at least 4 members (excludes halogenated alkanes) is 25. The Labute approximate surface area is 321 Å². The molecule has 0 bridgehead atoms. The Kier molecular flexibility index (Phi) is 40.3. The fraction of sp³-hybridized carbons (Fsp3) is 0.884. The zero-order chi connectivity index (χ0) is 38.1. The van der Waals surface area contributed by atoms with Crippen molar-refractivity contribution in [2.75, 3.05) is 33.0 Å². The van der Waals surface area contributed by atoms with E-state index in [4.69, 9.17) is 24.3 Å². The predicted octanol–water partition coefficient (Wildman–Crippen LogP) is 12.9. The normalized spacial score (nSPS) is 13.7. The summed E-state index contributed by atoms with van der Waals surface area (Å²) in [6.07, 6.45) is 44.8. The van der Waals surface area contributed by atoms with E-state index in [1.165, 1.54) is 148 Å². The fourth-order valence-corrected chi connectivity index (χ4v) is 6.91. The summed E-state index contributed by atoms with van der Waals surface area (Å²) >= 11 is 0. The molecule has 0 saturated carbocycles. The van der Waals surface area contributed by atoms with Gasteiger partial charge in [-0.05, 0) is 44.9 Å². The molecule has 2 atom stereocenters. The zero-order valence-electron chi connectivity index (χ0n) is 34.1.